The summed E-state index contributed by atoms with van der Waals surface area (Å²) in [5, 5.41) is 0. The van der Waals surface area contributed by atoms with Crippen molar-refractivity contribution >= 4 is 65.4 Å². The van der Waals surface area contributed by atoms with Crippen LogP contribution in [0.1, 0.15) is 19.3 Å². The van der Waals surface area contributed by atoms with E-state index in [0.29, 0.717) is 85.7 Å². The summed E-state index contributed by atoms with van der Waals surface area (Å²) in [5.41, 5.74) is 0. The topological polar surface area (TPSA) is 112 Å². The van der Waals surface area contributed by atoms with Gasteiger partial charge in [0.1, 0.15) is 0 Å². The molecule has 0 saturated heterocycles. The van der Waals surface area contributed by atoms with Gasteiger partial charge in [-0.05, 0) is 72.8 Å². The van der Waals surface area contributed by atoms with E-state index in [0.717, 1.165) is 36.5 Å². The molecule has 0 saturated carbocycles. The molecule has 0 atom stereocenters. The molecule has 1 aliphatic heterocycles. The third-order valence-electron chi connectivity index (χ3n) is 17.2. The van der Waals surface area contributed by atoms with Gasteiger partial charge in [-0.25, -0.2) is 25.3 Å². The van der Waals surface area contributed by atoms with Crippen LogP contribution >= 0.6 is 35.3 Å². The van der Waals surface area contributed by atoms with E-state index < -0.39 is 278 Å². The second-order valence-electron chi connectivity index (χ2n) is 25.5. The lowest BCUT2D eigenvalue weighted by Gasteiger charge is -2.42. The van der Waals surface area contributed by atoms with Gasteiger partial charge in [-0.2, -0.15) is 237 Å². The van der Waals surface area contributed by atoms with Gasteiger partial charge in [0, 0.05) is 90.5 Å². The van der Waals surface area contributed by atoms with Crippen LogP contribution in [0.2, 0.25) is 0 Å². The second-order valence-corrected chi connectivity index (χ2v) is 34.9. The van der Waals surface area contributed by atoms with Crippen molar-refractivity contribution in [3.63, 3.8) is 0 Å². The Bertz CT molecular complexity index is 4220. The van der Waals surface area contributed by atoms with E-state index in [-0.39, 0.29) is 35.3 Å². The number of nitrogens with zero attached hydrogens (tertiary/aromatic N) is 3. The zero-order valence-corrected chi connectivity index (χ0v) is 64.3. The zero-order valence-electron chi connectivity index (χ0n) is 59.4. The molecular formula is C60H42F51N3O6S6. The van der Waals surface area contributed by atoms with E-state index in [4.69, 9.17) is 0 Å². The summed E-state index contributed by atoms with van der Waals surface area (Å²) in [7, 11) is -15.8. The maximum absolute atomic E-state index is 14.7. The predicted octanol–water partition coefficient (Wildman–Crippen LogP) is 23.2. The minimum Gasteiger partial charge on any atom is -0.207 e. The highest BCUT2D eigenvalue weighted by atomic mass is 32.2. The smallest absolute Gasteiger partial charge is 0.207 e. The molecule has 0 aliphatic carbocycles. The van der Waals surface area contributed by atoms with Crippen LogP contribution in [0, 0.1) is 0 Å². The molecule has 9 nitrogen and oxygen atoms in total. The van der Waals surface area contributed by atoms with Gasteiger partial charge in [-0.1, -0.05) is 36.5 Å². The third-order valence-corrected chi connectivity index (χ3v) is 25.7. The number of hydrogen-bond acceptors (Lipinski definition) is 9. The van der Waals surface area contributed by atoms with Gasteiger partial charge in [0.05, 0.1) is 14.7 Å². The van der Waals surface area contributed by atoms with Crippen LogP contribution in [0.3, 0.4) is 0 Å². The number of alkyl halides is 51. The molecule has 4 rings (SSSR count). The molecule has 0 radical (unpaired) electrons. The minimum absolute atomic E-state index is 0.306. The second kappa shape index (κ2) is 35.6. The van der Waals surface area contributed by atoms with Gasteiger partial charge < -0.3 is 0 Å². The Morgan fingerprint density at radius 3 is 0.460 bits per heavy atom. The van der Waals surface area contributed by atoms with Gasteiger partial charge in [0.25, 0.3) is 0 Å². The lowest BCUT2D eigenvalue weighted by atomic mass is 9.88. The fraction of sp³-hybridized carbons (Fsp3) is 0.600. The summed E-state index contributed by atoms with van der Waals surface area (Å²) in [6.45, 7) is -6.41. The standard InChI is InChI=1S/C60H42F51N3O6S6/c61-37(62,40(67,68)43(73,74)46(79,80)49(85,86)52(91,92)55(97,98)58(103,104)105)19-28-121-31-7-13-34(14-8-31)124(115,116)112-22-1-2-23-113(125(117,118)35-15-9-32(10-16-35)122-29-20-38(63,64)41(69,70)44(75,76)47(81,82)50(87,88)53(93,94)56(99,100)59(106,107)108)25-5-6-27-114(26-4-3-24-112)126(119,120)36-17-11-33(12-18-36)123-30-21-39(65,66)42(71,72)45(77,78)48(83,84)51(89,90)54(95,96)57(101,102)60(109,110)111/h1-18H,19-30H2/b2-1-,4-3+,6-5+. The molecule has 1 heterocycles. The van der Waals surface area contributed by atoms with E-state index in [9.17, 15) is 249 Å². The van der Waals surface area contributed by atoms with Gasteiger partial charge >= 0.3 is 143 Å². The molecule has 726 valence electrons. The molecule has 0 N–H and O–H groups in total. The first-order chi connectivity index (χ1) is 55.6. The molecule has 3 aromatic carbocycles. The Balaban J connectivity index is 1.73. The first kappa shape index (κ1) is 112. The maximum atomic E-state index is 14.7. The number of thioether (sulfide) groups is 3. The van der Waals surface area contributed by atoms with Crippen molar-refractivity contribution < 1.29 is 249 Å². The van der Waals surface area contributed by atoms with Crippen molar-refractivity contribution in [2.24, 2.45) is 0 Å². The number of rotatable bonds is 36. The quantitative estimate of drug-likeness (QED) is 0.0319. The molecule has 0 aromatic heterocycles. The molecule has 0 unspecified atom stereocenters. The Morgan fingerprint density at radius 1 is 0.198 bits per heavy atom. The largest absolute Gasteiger partial charge is 0.460 e. The average Bonchev–Trinajstić information content (AvgIpc) is 0.702. The van der Waals surface area contributed by atoms with Crippen LogP contribution in [-0.2, 0) is 30.1 Å². The monoisotopic (exact) mass is 2060 g/mol. The SMILES string of the molecule is O=S(=O)(c1ccc(SCCC(F)(F)C(F)(F)C(F)(F)C(F)(F)C(F)(F)C(F)(F)C(F)(F)C(F)(F)F)cc1)N1C/C=C\CN(S(=O)(=O)c2ccc(SCCC(F)(F)C(F)(F)C(F)(F)C(F)(F)C(F)(F)C(F)(F)C(F)(F)C(F)(F)F)cc2)C/C=C/CN(S(=O)(=O)c2ccc(SCCC(F)(F)C(F)(F)C(F)(F)C(F)(F)C(F)(F)C(F)(F)C(F)(F)C(F)(F)F)cc2)C/C=C/C1. The van der Waals surface area contributed by atoms with Crippen molar-refractivity contribution in [3.8, 4) is 0 Å². The highest BCUT2D eigenvalue weighted by Gasteiger charge is 2.99. The van der Waals surface area contributed by atoms with Crippen LogP contribution < -0.4 is 0 Å². The highest BCUT2D eigenvalue weighted by molar-refractivity contribution is 7.99. The van der Waals surface area contributed by atoms with Gasteiger partial charge in [0.2, 0.25) is 30.1 Å². The molecule has 0 fully saturated rings. The number of benzene rings is 3. The van der Waals surface area contributed by atoms with Gasteiger partial charge in [-0.3, -0.25) is 0 Å². The van der Waals surface area contributed by atoms with Crippen molar-refractivity contribution in [2.45, 2.75) is 192 Å². The van der Waals surface area contributed by atoms with Crippen LogP contribution in [0.15, 0.2) is 139 Å². The van der Waals surface area contributed by atoms with Gasteiger partial charge in [0.15, 0.2) is 0 Å². The Morgan fingerprint density at radius 2 is 0.325 bits per heavy atom. The van der Waals surface area contributed by atoms with Crippen molar-refractivity contribution in [3.05, 3.63) is 109 Å². The lowest BCUT2D eigenvalue weighted by Crippen LogP contribution is -2.74. The Kier molecular flexibility index (Phi) is 31.7. The lowest BCUT2D eigenvalue weighted by molar-refractivity contribution is -0.461. The fourth-order valence-corrected chi connectivity index (χ4v) is 16.3. The van der Waals surface area contributed by atoms with Gasteiger partial charge in [-0.15, -0.1) is 35.3 Å². The summed E-state index contributed by atoms with van der Waals surface area (Å²) in [6, 6.07) is 5.50. The molecule has 3 aromatic rings. The highest BCUT2D eigenvalue weighted by Crippen LogP contribution is 2.69. The van der Waals surface area contributed by atoms with E-state index in [1.165, 1.54) is 0 Å². The third kappa shape index (κ3) is 19.1. The summed E-state index contributed by atoms with van der Waals surface area (Å²) >= 11 is -0.934. The van der Waals surface area contributed by atoms with E-state index >= 15 is 0 Å². The zero-order chi connectivity index (χ0) is 99.0. The summed E-state index contributed by atoms with van der Waals surface area (Å²) in [4.78, 5) is -5.16. The summed E-state index contributed by atoms with van der Waals surface area (Å²) < 4.78 is 792. The molecule has 126 heavy (non-hydrogen) atoms. The number of hydrogen-bond donors (Lipinski definition) is 0. The number of halogens is 51. The van der Waals surface area contributed by atoms with Crippen LogP contribution in [-0.4, -0.2) is 238 Å². The Labute approximate surface area is 682 Å². The minimum atomic E-state index is -8.97. The van der Waals surface area contributed by atoms with E-state index in [2.05, 4.69) is 0 Å². The maximum Gasteiger partial charge on any atom is 0.460 e. The molecule has 66 heteroatoms. The van der Waals surface area contributed by atoms with Crippen LogP contribution in [0.25, 0.3) is 0 Å². The van der Waals surface area contributed by atoms with Crippen molar-refractivity contribution in [1.29, 1.82) is 0 Å². The molecule has 0 bridgehead atoms. The normalized spacial score (nSPS) is 18.0. The molecule has 1 aliphatic rings. The average molecular weight is 2060 g/mol. The molecule has 0 amide bonds. The summed E-state index contributed by atoms with van der Waals surface area (Å²) in [5.74, 6) is -182. The molecular weight excluding hydrogens is 2020 g/mol. The fourth-order valence-electron chi connectivity index (χ4n) is 9.49. The summed E-state index contributed by atoms with van der Waals surface area (Å²) in [6.07, 6.45) is -28.5. The van der Waals surface area contributed by atoms with Crippen molar-refractivity contribution in [1.82, 2.24) is 12.9 Å². The first-order valence-electron chi connectivity index (χ1n) is 31.9. The first-order valence-corrected chi connectivity index (χ1v) is 39.2. The Hall–Kier alpha value is -5.91. The predicted molar refractivity (Wildman–Crippen MR) is 331 cm³/mol. The van der Waals surface area contributed by atoms with Crippen LogP contribution in [0.5, 0.6) is 0 Å². The molecule has 0 spiro atoms. The number of sulfonamides is 3. The van der Waals surface area contributed by atoms with E-state index in [1.807, 2.05) is 0 Å². The van der Waals surface area contributed by atoms with Crippen molar-refractivity contribution in [2.75, 3.05) is 56.5 Å². The van der Waals surface area contributed by atoms with Crippen LogP contribution in [0.4, 0.5) is 224 Å². The van der Waals surface area contributed by atoms with E-state index in [1.54, 1.807) is 0 Å².